The Balaban J connectivity index is 2.39. The van der Waals surface area contributed by atoms with Gasteiger partial charge in [0.05, 0.1) is 33.3 Å². The summed E-state index contributed by atoms with van der Waals surface area (Å²) in [5.74, 6) is 1.10. The van der Waals surface area contributed by atoms with Gasteiger partial charge >= 0.3 is 0 Å². The molecule has 0 saturated carbocycles. The molecule has 3 aromatic rings. The van der Waals surface area contributed by atoms with Crippen molar-refractivity contribution in [2.45, 2.75) is 19.2 Å². The van der Waals surface area contributed by atoms with E-state index in [9.17, 15) is 0 Å². The molecule has 0 N–H and O–H groups in total. The van der Waals surface area contributed by atoms with Gasteiger partial charge in [0.25, 0.3) is 0 Å². The number of hydrogen-bond donors (Lipinski definition) is 0. The zero-order valence-electron chi connectivity index (χ0n) is 11.3. The van der Waals surface area contributed by atoms with E-state index in [-0.39, 0.29) is 0 Å². The number of rotatable bonds is 3. The molecule has 6 heteroatoms. The van der Waals surface area contributed by atoms with Gasteiger partial charge < -0.3 is 0 Å². The highest BCUT2D eigenvalue weighted by atomic mass is 35.5. The SMILES string of the molecule is CCc1nn(C)cc1-n1c(CCl)nc2cccc(Cl)c21. The Hall–Kier alpha value is -1.52. The number of fused-ring (bicyclic) bond motifs is 1. The normalized spacial score (nSPS) is 11.4. The maximum atomic E-state index is 6.35. The molecule has 1 aromatic carbocycles. The first-order valence-corrected chi connectivity index (χ1v) is 7.31. The van der Waals surface area contributed by atoms with E-state index >= 15 is 0 Å². The summed E-state index contributed by atoms with van der Waals surface area (Å²) in [6.07, 6.45) is 2.81. The molecule has 0 aliphatic heterocycles. The van der Waals surface area contributed by atoms with Crippen molar-refractivity contribution in [1.29, 1.82) is 0 Å². The van der Waals surface area contributed by atoms with Crippen molar-refractivity contribution in [2.75, 3.05) is 0 Å². The number of alkyl halides is 1. The van der Waals surface area contributed by atoms with Gasteiger partial charge in [0.2, 0.25) is 0 Å². The molecule has 4 nitrogen and oxygen atoms in total. The monoisotopic (exact) mass is 308 g/mol. The van der Waals surface area contributed by atoms with Crippen LogP contribution >= 0.6 is 23.2 Å². The molecule has 0 fully saturated rings. The third kappa shape index (κ3) is 2.00. The Labute approximate surface area is 126 Å². The lowest BCUT2D eigenvalue weighted by molar-refractivity contribution is 0.746. The standard InChI is InChI=1S/C14H14Cl2N4/c1-3-10-12(8-19(2)18-10)20-13(7-15)17-11-6-4-5-9(16)14(11)20/h4-6,8H,3,7H2,1-2H3. The van der Waals surface area contributed by atoms with Crippen LogP contribution in [0.4, 0.5) is 0 Å². The number of halogens is 2. The molecule has 0 saturated heterocycles. The van der Waals surface area contributed by atoms with Crippen LogP contribution in [0.15, 0.2) is 24.4 Å². The Morgan fingerprint density at radius 2 is 2.10 bits per heavy atom. The van der Waals surface area contributed by atoms with Gasteiger partial charge in [-0.1, -0.05) is 24.6 Å². The lowest BCUT2D eigenvalue weighted by atomic mass is 10.2. The summed E-state index contributed by atoms with van der Waals surface area (Å²) in [6, 6.07) is 5.70. The van der Waals surface area contributed by atoms with E-state index < -0.39 is 0 Å². The fraction of sp³-hybridized carbons (Fsp3) is 0.286. The van der Waals surface area contributed by atoms with Gasteiger partial charge in [0.15, 0.2) is 0 Å². The highest BCUT2D eigenvalue weighted by molar-refractivity contribution is 6.35. The number of benzene rings is 1. The van der Waals surface area contributed by atoms with Crippen molar-refractivity contribution in [2.24, 2.45) is 7.05 Å². The van der Waals surface area contributed by atoms with Crippen LogP contribution in [0.5, 0.6) is 0 Å². The zero-order valence-corrected chi connectivity index (χ0v) is 12.8. The minimum Gasteiger partial charge on any atom is -0.290 e. The summed E-state index contributed by atoms with van der Waals surface area (Å²) in [4.78, 5) is 4.56. The number of hydrogen-bond acceptors (Lipinski definition) is 2. The molecule has 2 aromatic heterocycles. The largest absolute Gasteiger partial charge is 0.290 e. The fourth-order valence-electron chi connectivity index (χ4n) is 2.44. The van der Waals surface area contributed by atoms with Crippen LogP contribution in [0.3, 0.4) is 0 Å². The molecule has 2 heterocycles. The van der Waals surface area contributed by atoms with Gasteiger partial charge in [-0.15, -0.1) is 11.6 Å². The van der Waals surface area contributed by atoms with Crippen LogP contribution in [0, 0.1) is 0 Å². The quantitative estimate of drug-likeness (QED) is 0.691. The van der Waals surface area contributed by atoms with Crippen LogP contribution in [-0.2, 0) is 19.3 Å². The maximum Gasteiger partial charge on any atom is 0.129 e. The molecule has 0 unspecified atom stereocenters. The molecule has 3 rings (SSSR count). The predicted octanol–water partition coefficient (Wildman–Crippen LogP) is 3.71. The maximum absolute atomic E-state index is 6.35. The lowest BCUT2D eigenvalue weighted by Crippen LogP contribution is -2.01. The lowest BCUT2D eigenvalue weighted by Gasteiger charge is -2.07. The highest BCUT2D eigenvalue weighted by Crippen LogP contribution is 2.29. The predicted molar refractivity (Wildman–Crippen MR) is 81.8 cm³/mol. The topological polar surface area (TPSA) is 35.6 Å². The van der Waals surface area contributed by atoms with E-state index in [1.807, 2.05) is 36.0 Å². The summed E-state index contributed by atoms with van der Waals surface area (Å²) in [5, 5.41) is 5.14. The molecule has 0 amide bonds. The second-order valence-electron chi connectivity index (χ2n) is 4.59. The van der Waals surface area contributed by atoms with E-state index in [4.69, 9.17) is 23.2 Å². The minimum absolute atomic E-state index is 0.322. The van der Waals surface area contributed by atoms with Crippen molar-refractivity contribution in [3.05, 3.63) is 40.9 Å². The van der Waals surface area contributed by atoms with E-state index in [1.165, 1.54) is 0 Å². The third-order valence-electron chi connectivity index (χ3n) is 3.28. The van der Waals surface area contributed by atoms with Crippen molar-refractivity contribution in [1.82, 2.24) is 19.3 Å². The second-order valence-corrected chi connectivity index (χ2v) is 5.27. The molecule has 0 radical (unpaired) electrons. The smallest absolute Gasteiger partial charge is 0.129 e. The summed E-state index contributed by atoms with van der Waals surface area (Å²) in [5.41, 5.74) is 3.71. The van der Waals surface area contributed by atoms with Gasteiger partial charge in [-0.05, 0) is 18.6 Å². The van der Waals surface area contributed by atoms with Crippen LogP contribution in [-0.4, -0.2) is 19.3 Å². The first-order chi connectivity index (χ1) is 9.65. The van der Waals surface area contributed by atoms with Crippen LogP contribution in [0.1, 0.15) is 18.4 Å². The van der Waals surface area contributed by atoms with E-state index in [2.05, 4.69) is 17.0 Å². The Morgan fingerprint density at radius 1 is 1.30 bits per heavy atom. The zero-order chi connectivity index (χ0) is 14.3. The summed E-state index contributed by atoms with van der Waals surface area (Å²) < 4.78 is 3.81. The fourth-order valence-corrected chi connectivity index (χ4v) is 2.88. The van der Waals surface area contributed by atoms with Crippen LogP contribution in [0.2, 0.25) is 5.02 Å². The molecule has 20 heavy (non-hydrogen) atoms. The summed E-state index contributed by atoms with van der Waals surface area (Å²) in [6.45, 7) is 2.08. The van der Waals surface area contributed by atoms with Gasteiger partial charge in [-0.2, -0.15) is 5.10 Å². The third-order valence-corrected chi connectivity index (χ3v) is 3.82. The first-order valence-electron chi connectivity index (χ1n) is 6.40. The summed E-state index contributed by atoms with van der Waals surface area (Å²) >= 11 is 12.4. The molecular weight excluding hydrogens is 295 g/mol. The van der Waals surface area contributed by atoms with E-state index in [1.54, 1.807) is 4.68 Å². The molecule has 0 bridgehead atoms. The number of imidazole rings is 1. The average Bonchev–Trinajstić information content (AvgIpc) is 2.99. The van der Waals surface area contributed by atoms with Gasteiger partial charge in [-0.3, -0.25) is 9.25 Å². The number of para-hydroxylation sites is 1. The van der Waals surface area contributed by atoms with Crippen molar-refractivity contribution in [3.63, 3.8) is 0 Å². The Kier molecular flexibility index (Phi) is 3.44. The average molecular weight is 309 g/mol. The Bertz CT molecular complexity index is 773. The second kappa shape index (κ2) is 5.11. The molecule has 0 aliphatic carbocycles. The van der Waals surface area contributed by atoms with Gasteiger partial charge in [0.1, 0.15) is 5.82 Å². The molecular formula is C14H14Cl2N4. The molecule has 104 valence electrons. The highest BCUT2D eigenvalue weighted by Gasteiger charge is 2.18. The van der Waals surface area contributed by atoms with Gasteiger partial charge in [0, 0.05) is 13.2 Å². The van der Waals surface area contributed by atoms with Crippen molar-refractivity contribution < 1.29 is 0 Å². The van der Waals surface area contributed by atoms with Crippen LogP contribution in [0.25, 0.3) is 16.7 Å². The Morgan fingerprint density at radius 3 is 2.80 bits per heavy atom. The van der Waals surface area contributed by atoms with Crippen LogP contribution < -0.4 is 0 Å². The number of aromatic nitrogens is 4. The van der Waals surface area contributed by atoms with Gasteiger partial charge in [-0.25, -0.2) is 4.98 Å². The molecule has 0 atom stereocenters. The number of nitrogens with zero attached hydrogens (tertiary/aromatic N) is 4. The van der Waals surface area contributed by atoms with Crippen molar-refractivity contribution >= 4 is 34.2 Å². The molecule has 0 aliphatic rings. The van der Waals surface area contributed by atoms with Crippen molar-refractivity contribution in [3.8, 4) is 5.69 Å². The molecule has 0 spiro atoms. The summed E-state index contributed by atoms with van der Waals surface area (Å²) in [7, 11) is 1.91. The first kappa shape index (κ1) is 13.5. The number of aryl methyl sites for hydroxylation is 2. The minimum atomic E-state index is 0.322. The van der Waals surface area contributed by atoms with E-state index in [0.29, 0.717) is 10.9 Å². The van der Waals surface area contributed by atoms with E-state index in [0.717, 1.165) is 34.7 Å².